The lowest BCUT2D eigenvalue weighted by molar-refractivity contribution is -0.133. The molecular weight excluding hydrogens is 481 g/mol. The van der Waals surface area contributed by atoms with Crippen molar-refractivity contribution in [3.8, 4) is 11.3 Å². The van der Waals surface area contributed by atoms with E-state index in [4.69, 9.17) is 5.73 Å². The van der Waals surface area contributed by atoms with E-state index in [1.807, 2.05) is 48.5 Å². The number of nitrogens with zero attached hydrogens (tertiary/aromatic N) is 2. The number of hydrogen-bond acceptors (Lipinski definition) is 4. The summed E-state index contributed by atoms with van der Waals surface area (Å²) in [5.41, 5.74) is 9.83. The minimum absolute atomic E-state index is 0.401. The molecule has 3 aromatic carbocycles. The largest absolute Gasteiger partial charge is 0.369 e. The van der Waals surface area contributed by atoms with Crippen LogP contribution in [-0.4, -0.2) is 21.8 Å². The van der Waals surface area contributed by atoms with Crippen LogP contribution in [0.5, 0.6) is 0 Å². The average Bonchev–Trinajstić information content (AvgIpc) is 3.64. The number of fused-ring (bicyclic) bond motifs is 1. The Morgan fingerprint density at radius 2 is 1.58 bits per heavy atom. The van der Waals surface area contributed by atoms with Crippen LogP contribution in [-0.2, 0) is 9.59 Å². The number of halogens is 1. The highest BCUT2D eigenvalue weighted by Gasteiger charge is 2.57. The van der Waals surface area contributed by atoms with Gasteiger partial charge in [-0.25, -0.2) is 9.37 Å². The molecular formula is C30H24FN5O2. The Bertz CT molecular complexity index is 1640. The molecule has 0 atom stereocenters. The number of benzene rings is 3. The standard InChI is InChI=1S/C30H24FN5O2/c31-20-6-10-22(11-7-20)36(29(38)30(15-16-30)28(32)37)23-12-8-21(9-13-23)34-25-14-17-33-27-24(25)18-26(35-27)19-4-2-1-3-5-19/h1-14,17-18H,15-16H2,(H2,32,37)(H2,33,34,35). The first-order chi connectivity index (χ1) is 18.4. The summed E-state index contributed by atoms with van der Waals surface area (Å²) >= 11 is 0. The van der Waals surface area contributed by atoms with Gasteiger partial charge in [0.2, 0.25) is 11.8 Å². The minimum Gasteiger partial charge on any atom is -0.369 e. The van der Waals surface area contributed by atoms with Gasteiger partial charge in [0, 0.05) is 34.3 Å². The van der Waals surface area contributed by atoms with Crippen LogP contribution >= 0.6 is 0 Å². The maximum atomic E-state index is 13.6. The van der Waals surface area contributed by atoms with Crippen LogP contribution in [0, 0.1) is 11.2 Å². The van der Waals surface area contributed by atoms with Crippen molar-refractivity contribution in [2.75, 3.05) is 10.2 Å². The molecule has 6 rings (SSSR count). The Hall–Kier alpha value is -4.98. The molecule has 0 saturated heterocycles. The number of H-pyrrole nitrogens is 1. The number of carbonyl (C=O) groups is 2. The molecule has 0 spiro atoms. The lowest BCUT2D eigenvalue weighted by Gasteiger charge is -2.26. The summed E-state index contributed by atoms with van der Waals surface area (Å²) in [5, 5.41) is 4.37. The van der Waals surface area contributed by atoms with Crippen LogP contribution in [0.4, 0.5) is 27.1 Å². The average molecular weight is 506 g/mol. The van der Waals surface area contributed by atoms with Gasteiger partial charge in [0.25, 0.3) is 0 Å². The predicted molar refractivity (Wildman–Crippen MR) is 146 cm³/mol. The summed E-state index contributed by atoms with van der Waals surface area (Å²) in [4.78, 5) is 34.9. The molecule has 2 aromatic heterocycles. The fraction of sp³-hybridized carbons (Fsp3) is 0.100. The molecule has 188 valence electrons. The second-order valence-electron chi connectivity index (χ2n) is 9.41. The molecule has 8 heteroatoms. The Kier molecular flexibility index (Phi) is 5.64. The number of rotatable bonds is 7. The highest BCUT2D eigenvalue weighted by Crippen LogP contribution is 2.49. The molecule has 1 saturated carbocycles. The van der Waals surface area contributed by atoms with Crippen molar-refractivity contribution in [1.82, 2.24) is 9.97 Å². The molecule has 2 heterocycles. The normalized spacial score (nSPS) is 13.7. The zero-order valence-corrected chi connectivity index (χ0v) is 20.3. The van der Waals surface area contributed by atoms with E-state index in [2.05, 4.69) is 21.4 Å². The molecule has 7 nitrogen and oxygen atoms in total. The SMILES string of the molecule is NC(=O)C1(C(=O)N(c2ccc(F)cc2)c2ccc(Nc3ccnc4[nH]c(-c5ccccc5)cc34)cc2)CC1. The predicted octanol–water partition coefficient (Wildman–Crippen LogP) is 6.04. The number of primary amides is 1. The molecule has 0 unspecified atom stereocenters. The number of nitrogens with two attached hydrogens (primary N) is 1. The molecule has 0 radical (unpaired) electrons. The number of anilines is 4. The van der Waals surface area contributed by atoms with Crippen LogP contribution in [0.15, 0.2) is 97.2 Å². The number of hydrogen-bond donors (Lipinski definition) is 3. The highest BCUT2D eigenvalue weighted by atomic mass is 19.1. The first kappa shape index (κ1) is 23.4. The zero-order chi connectivity index (χ0) is 26.3. The van der Waals surface area contributed by atoms with Crippen LogP contribution in [0.3, 0.4) is 0 Å². The van der Waals surface area contributed by atoms with E-state index in [1.165, 1.54) is 29.2 Å². The Morgan fingerprint density at radius 1 is 0.921 bits per heavy atom. The van der Waals surface area contributed by atoms with Gasteiger partial charge < -0.3 is 16.0 Å². The van der Waals surface area contributed by atoms with E-state index < -0.39 is 23.0 Å². The van der Waals surface area contributed by atoms with Crippen molar-refractivity contribution in [1.29, 1.82) is 0 Å². The second kappa shape index (κ2) is 9.15. The quantitative estimate of drug-likeness (QED) is 0.235. The van der Waals surface area contributed by atoms with Crippen LogP contribution in [0.1, 0.15) is 12.8 Å². The van der Waals surface area contributed by atoms with E-state index in [0.717, 1.165) is 33.7 Å². The van der Waals surface area contributed by atoms with Crippen LogP contribution < -0.4 is 16.0 Å². The second-order valence-corrected chi connectivity index (χ2v) is 9.41. The van der Waals surface area contributed by atoms with E-state index >= 15 is 0 Å². The highest BCUT2D eigenvalue weighted by molar-refractivity contribution is 6.16. The number of amides is 2. The van der Waals surface area contributed by atoms with E-state index in [9.17, 15) is 14.0 Å². The Balaban J connectivity index is 1.31. The topological polar surface area (TPSA) is 104 Å². The van der Waals surface area contributed by atoms with Gasteiger partial charge in [0.15, 0.2) is 0 Å². The third-order valence-corrected chi connectivity index (χ3v) is 6.94. The molecule has 4 N–H and O–H groups in total. The zero-order valence-electron chi connectivity index (χ0n) is 20.3. The summed E-state index contributed by atoms with van der Waals surface area (Å²) in [6.07, 6.45) is 2.54. The van der Waals surface area contributed by atoms with Gasteiger partial charge in [0.1, 0.15) is 16.9 Å². The van der Waals surface area contributed by atoms with Gasteiger partial charge in [-0.1, -0.05) is 30.3 Å². The fourth-order valence-electron chi connectivity index (χ4n) is 4.64. The third kappa shape index (κ3) is 4.16. The van der Waals surface area contributed by atoms with Gasteiger partial charge in [-0.15, -0.1) is 0 Å². The van der Waals surface area contributed by atoms with Gasteiger partial charge in [-0.05, 0) is 79.1 Å². The van der Waals surface area contributed by atoms with E-state index in [1.54, 1.807) is 18.3 Å². The van der Waals surface area contributed by atoms with E-state index in [0.29, 0.717) is 24.2 Å². The lowest BCUT2D eigenvalue weighted by atomic mass is 10.0. The van der Waals surface area contributed by atoms with Crippen molar-refractivity contribution in [2.24, 2.45) is 11.1 Å². The molecule has 5 aromatic rings. The van der Waals surface area contributed by atoms with Gasteiger partial charge in [-0.2, -0.15) is 0 Å². The molecule has 0 aliphatic heterocycles. The number of pyridine rings is 1. The van der Waals surface area contributed by atoms with E-state index in [-0.39, 0.29) is 0 Å². The molecule has 1 aliphatic carbocycles. The number of aromatic amines is 1. The van der Waals surface area contributed by atoms with Crippen molar-refractivity contribution >= 4 is 45.6 Å². The molecule has 0 bridgehead atoms. The maximum Gasteiger partial charge on any atom is 0.247 e. The van der Waals surface area contributed by atoms with Crippen molar-refractivity contribution in [3.63, 3.8) is 0 Å². The van der Waals surface area contributed by atoms with Crippen LogP contribution in [0.25, 0.3) is 22.3 Å². The molecule has 1 aliphatic rings. The molecule has 38 heavy (non-hydrogen) atoms. The fourth-order valence-corrected chi connectivity index (χ4v) is 4.64. The lowest BCUT2D eigenvalue weighted by Crippen LogP contribution is -2.41. The maximum absolute atomic E-state index is 13.6. The van der Waals surface area contributed by atoms with Gasteiger partial charge in [-0.3, -0.25) is 14.5 Å². The van der Waals surface area contributed by atoms with Gasteiger partial charge in [0.05, 0.1) is 5.69 Å². The van der Waals surface area contributed by atoms with Gasteiger partial charge >= 0.3 is 0 Å². The summed E-state index contributed by atoms with van der Waals surface area (Å²) in [7, 11) is 0. The summed E-state index contributed by atoms with van der Waals surface area (Å²) in [6.45, 7) is 0. The summed E-state index contributed by atoms with van der Waals surface area (Å²) in [5.74, 6) is -1.47. The van der Waals surface area contributed by atoms with Crippen molar-refractivity contribution < 1.29 is 14.0 Å². The Labute approximate surface area is 218 Å². The smallest absolute Gasteiger partial charge is 0.247 e. The minimum atomic E-state index is -1.22. The van der Waals surface area contributed by atoms with Crippen molar-refractivity contribution in [3.05, 3.63) is 103 Å². The third-order valence-electron chi connectivity index (χ3n) is 6.94. The van der Waals surface area contributed by atoms with Crippen LogP contribution in [0.2, 0.25) is 0 Å². The van der Waals surface area contributed by atoms with Crippen molar-refractivity contribution in [2.45, 2.75) is 12.8 Å². The summed E-state index contributed by atoms with van der Waals surface area (Å²) in [6, 6.07) is 26.8. The first-order valence-corrected chi connectivity index (χ1v) is 12.2. The summed E-state index contributed by atoms with van der Waals surface area (Å²) < 4.78 is 13.6. The Morgan fingerprint density at radius 3 is 2.21 bits per heavy atom. The monoisotopic (exact) mass is 505 g/mol. The number of nitrogens with one attached hydrogen (secondary N) is 2. The molecule has 2 amide bonds. The number of carbonyl (C=O) groups excluding carboxylic acids is 2. The first-order valence-electron chi connectivity index (χ1n) is 12.2. The number of aromatic nitrogens is 2. The molecule has 1 fully saturated rings.